The number of imidazole rings is 1. The number of fused-ring (bicyclic) bond motifs is 5. The second-order valence-corrected chi connectivity index (χ2v) is 7.73. The van der Waals surface area contributed by atoms with Gasteiger partial charge in [-0.05, 0) is 12.8 Å². The molecule has 0 N–H and O–H groups in total. The Morgan fingerprint density at radius 1 is 1.23 bits per heavy atom. The highest BCUT2D eigenvalue weighted by atomic mass is 32.1. The van der Waals surface area contributed by atoms with Gasteiger partial charge in [0.1, 0.15) is 5.52 Å². The molecule has 8 nitrogen and oxygen atoms in total. The fraction of sp³-hybridized carbons (Fsp3) is 0.471. The van der Waals surface area contributed by atoms with E-state index < -0.39 is 0 Å². The molecule has 6 heterocycles. The molecule has 3 aromatic heterocycles. The number of carbonyl (C=O) groups excluding carboxylic acids is 1. The fourth-order valence-electron chi connectivity index (χ4n) is 3.96. The van der Waals surface area contributed by atoms with Crippen LogP contribution in [0.25, 0.3) is 11.2 Å². The number of carbonyl (C=O) groups is 1. The molecule has 0 unspecified atom stereocenters. The van der Waals surface area contributed by atoms with E-state index >= 15 is 0 Å². The van der Waals surface area contributed by atoms with Crippen LogP contribution in [0.15, 0.2) is 23.4 Å². The highest BCUT2D eigenvalue weighted by Crippen LogP contribution is 2.32. The van der Waals surface area contributed by atoms with Gasteiger partial charge in [0.25, 0.3) is 0 Å². The third-order valence-corrected chi connectivity index (χ3v) is 6.00. The summed E-state index contributed by atoms with van der Waals surface area (Å²) in [5, 5.41) is 2.02. The van der Waals surface area contributed by atoms with E-state index in [9.17, 15) is 4.79 Å². The normalized spacial score (nSPS) is 23.0. The minimum atomic E-state index is -0.00425. The molecular formula is C17H19N7OS. The minimum Gasteiger partial charge on any atom is -0.338 e. The monoisotopic (exact) mass is 369 g/mol. The van der Waals surface area contributed by atoms with E-state index in [1.54, 1.807) is 17.7 Å². The molecule has 2 atom stereocenters. The third kappa shape index (κ3) is 2.54. The van der Waals surface area contributed by atoms with Crippen molar-refractivity contribution in [2.45, 2.75) is 25.4 Å². The van der Waals surface area contributed by atoms with Crippen molar-refractivity contribution in [3.63, 3.8) is 0 Å². The molecule has 0 aromatic carbocycles. The van der Waals surface area contributed by atoms with Crippen LogP contribution in [0.1, 0.15) is 18.5 Å². The predicted molar refractivity (Wildman–Crippen MR) is 97.7 cm³/mol. The van der Waals surface area contributed by atoms with Crippen LogP contribution in [0.2, 0.25) is 0 Å². The molecule has 0 spiro atoms. The molecule has 26 heavy (non-hydrogen) atoms. The van der Waals surface area contributed by atoms with Crippen LogP contribution < -0.4 is 4.90 Å². The quantitative estimate of drug-likeness (QED) is 0.695. The van der Waals surface area contributed by atoms with Crippen LogP contribution in [0.3, 0.4) is 0 Å². The van der Waals surface area contributed by atoms with Crippen molar-refractivity contribution in [1.29, 1.82) is 0 Å². The van der Waals surface area contributed by atoms with E-state index in [1.807, 2.05) is 33.6 Å². The molecule has 3 fully saturated rings. The zero-order valence-electron chi connectivity index (χ0n) is 14.4. The Hall–Kier alpha value is -2.55. The summed E-state index contributed by atoms with van der Waals surface area (Å²) in [7, 11) is 1.93. The van der Waals surface area contributed by atoms with E-state index in [2.05, 4.69) is 24.8 Å². The van der Waals surface area contributed by atoms with Crippen molar-refractivity contribution in [2.24, 2.45) is 13.0 Å². The van der Waals surface area contributed by atoms with Gasteiger partial charge in [-0.1, -0.05) is 0 Å². The average Bonchev–Trinajstić information content (AvgIpc) is 3.20. The maximum atomic E-state index is 12.9. The number of aromatic nitrogens is 5. The molecule has 6 rings (SSSR count). The summed E-state index contributed by atoms with van der Waals surface area (Å²) in [6.45, 7) is 2.02. The summed E-state index contributed by atoms with van der Waals surface area (Å²) >= 11 is 1.57. The number of aryl methyl sites for hydroxylation is 1. The molecule has 134 valence electrons. The predicted octanol–water partition coefficient (Wildman–Crippen LogP) is 1.45. The lowest BCUT2D eigenvalue weighted by atomic mass is 9.94. The number of hydrogen-bond donors (Lipinski definition) is 0. The molecule has 0 saturated carbocycles. The van der Waals surface area contributed by atoms with Gasteiger partial charge in [0.15, 0.2) is 5.65 Å². The Kier molecular flexibility index (Phi) is 3.63. The van der Waals surface area contributed by atoms with Gasteiger partial charge in [-0.3, -0.25) is 4.79 Å². The van der Waals surface area contributed by atoms with Gasteiger partial charge >= 0.3 is 0 Å². The van der Waals surface area contributed by atoms with Crippen LogP contribution >= 0.6 is 11.3 Å². The highest BCUT2D eigenvalue weighted by Gasteiger charge is 2.41. The molecule has 3 aliphatic rings. The fourth-order valence-corrected chi connectivity index (χ4v) is 4.51. The molecule has 2 bridgehead atoms. The number of piperidine rings is 1. The van der Waals surface area contributed by atoms with Gasteiger partial charge < -0.3 is 14.4 Å². The van der Waals surface area contributed by atoms with Crippen LogP contribution in [0.5, 0.6) is 0 Å². The molecule has 9 heteroatoms. The van der Waals surface area contributed by atoms with Crippen molar-refractivity contribution >= 4 is 34.4 Å². The van der Waals surface area contributed by atoms with Gasteiger partial charge in [0.2, 0.25) is 11.9 Å². The molecule has 1 amide bonds. The van der Waals surface area contributed by atoms with Crippen molar-refractivity contribution in [3.8, 4) is 0 Å². The summed E-state index contributed by atoms with van der Waals surface area (Å²) in [4.78, 5) is 34.9. The van der Waals surface area contributed by atoms with Crippen LogP contribution in [-0.2, 0) is 18.4 Å². The topological polar surface area (TPSA) is 80.0 Å². The van der Waals surface area contributed by atoms with Gasteiger partial charge in [0, 0.05) is 31.6 Å². The van der Waals surface area contributed by atoms with Crippen LogP contribution in [0, 0.1) is 5.92 Å². The summed E-state index contributed by atoms with van der Waals surface area (Å²) in [6, 6.07) is 0.172. The zero-order chi connectivity index (χ0) is 17.7. The molecule has 0 aliphatic carbocycles. The minimum absolute atomic E-state index is 0.00425. The van der Waals surface area contributed by atoms with E-state index in [-0.39, 0.29) is 17.9 Å². The van der Waals surface area contributed by atoms with Crippen molar-refractivity contribution in [3.05, 3.63) is 29.1 Å². The van der Waals surface area contributed by atoms with E-state index in [1.165, 1.54) is 0 Å². The summed E-state index contributed by atoms with van der Waals surface area (Å²) in [5.41, 5.74) is 4.39. The van der Waals surface area contributed by atoms with Crippen molar-refractivity contribution < 1.29 is 4.79 Å². The first-order valence-electron chi connectivity index (χ1n) is 8.75. The number of amides is 1. The van der Waals surface area contributed by atoms with Gasteiger partial charge in [-0.15, -0.1) is 11.3 Å². The lowest BCUT2D eigenvalue weighted by molar-refractivity contribution is -0.140. The molecule has 3 aliphatic heterocycles. The Bertz CT molecular complexity index is 953. The Labute approximate surface area is 154 Å². The lowest BCUT2D eigenvalue weighted by Gasteiger charge is -2.35. The lowest BCUT2D eigenvalue weighted by Crippen LogP contribution is -2.47. The number of thiazole rings is 1. The molecule has 3 saturated heterocycles. The molecule has 3 aromatic rings. The maximum absolute atomic E-state index is 12.9. The van der Waals surface area contributed by atoms with Crippen LogP contribution in [0.4, 0.5) is 5.95 Å². The van der Waals surface area contributed by atoms with E-state index in [0.29, 0.717) is 24.7 Å². The highest BCUT2D eigenvalue weighted by molar-refractivity contribution is 7.07. The second-order valence-electron chi connectivity index (χ2n) is 7.01. The van der Waals surface area contributed by atoms with E-state index in [0.717, 1.165) is 30.6 Å². The van der Waals surface area contributed by atoms with Gasteiger partial charge in [-0.2, -0.15) is 4.98 Å². The standard InChI is InChI=1S/C17H19N7OS/c1-22-9-19-15-14(22)4-18-17(21-15)23-5-11-2-3-13(7-23)24(16(11)25)6-12-8-26-10-20-12/h4,8-11,13H,2-3,5-7H2,1H3/t11-,13+/m0/s1. The summed E-state index contributed by atoms with van der Waals surface area (Å²) < 4.78 is 1.91. The van der Waals surface area contributed by atoms with Crippen molar-refractivity contribution in [1.82, 2.24) is 29.4 Å². The first kappa shape index (κ1) is 15.7. The summed E-state index contributed by atoms with van der Waals surface area (Å²) in [5.74, 6) is 0.891. The second kappa shape index (κ2) is 6.01. The first-order chi connectivity index (χ1) is 12.7. The van der Waals surface area contributed by atoms with E-state index in [4.69, 9.17) is 0 Å². The zero-order valence-corrected chi connectivity index (χ0v) is 15.3. The smallest absolute Gasteiger partial charge is 0.228 e. The molecular weight excluding hydrogens is 350 g/mol. The number of hydrogen-bond acceptors (Lipinski definition) is 7. The molecule has 0 radical (unpaired) electrons. The maximum Gasteiger partial charge on any atom is 0.228 e. The van der Waals surface area contributed by atoms with Gasteiger partial charge in [-0.25, -0.2) is 15.0 Å². The summed E-state index contributed by atoms with van der Waals surface area (Å²) in [6.07, 6.45) is 5.50. The Balaban J connectivity index is 1.44. The Morgan fingerprint density at radius 2 is 2.15 bits per heavy atom. The number of nitrogens with zero attached hydrogens (tertiary/aromatic N) is 7. The number of rotatable bonds is 3. The van der Waals surface area contributed by atoms with Gasteiger partial charge in [0.05, 0.1) is 36.2 Å². The number of anilines is 1. The van der Waals surface area contributed by atoms with Crippen LogP contribution in [-0.4, -0.2) is 54.4 Å². The average molecular weight is 369 g/mol. The largest absolute Gasteiger partial charge is 0.338 e. The first-order valence-corrected chi connectivity index (χ1v) is 9.70. The SMILES string of the molecule is Cn1cnc2nc(N3C[C@@H]4CC[C@H](C3)N(Cc3cscn3)C4=O)ncc21. The third-order valence-electron chi connectivity index (χ3n) is 5.36. The Morgan fingerprint density at radius 3 is 3.00 bits per heavy atom. The van der Waals surface area contributed by atoms with Crippen molar-refractivity contribution in [2.75, 3.05) is 18.0 Å².